The van der Waals surface area contributed by atoms with Crippen LogP contribution in [0.5, 0.6) is 0 Å². The first-order valence-corrected chi connectivity index (χ1v) is 9.73. The predicted octanol–water partition coefficient (Wildman–Crippen LogP) is 2.15. The molecule has 0 heterocycles. The Morgan fingerprint density at radius 3 is 2.52 bits per heavy atom. The quantitative estimate of drug-likeness (QED) is 0.746. The van der Waals surface area contributed by atoms with Crippen molar-refractivity contribution < 1.29 is 28.7 Å². The second-order valence-electron chi connectivity index (χ2n) is 9.18. The maximum absolute atomic E-state index is 16.7. The van der Waals surface area contributed by atoms with Gasteiger partial charge < -0.3 is 5.11 Å². The van der Waals surface area contributed by atoms with Crippen LogP contribution >= 0.6 is 0 Å². The third kappa shape index (κ3) is 2.08. The molecule has 0 aromatic heterocycles. The molecule has 0 saturated heterocycles. The normalized spacial score (nSPS) is 46.4. The minimum atomic E-state index is -2.32. The van der Waals surface area contributed by atoms with Gasteiger partial charge in [0.15, 0.2) is 28.8 Å². The van der Waals surface area contributed by atoms with Gasteiger partial charge in [0.05, 0.1) is 11.8 Å². The van der Waals surface area contributed by atoms with Gasteiger partial charge in [-0.3, -0.25) is 19.2 Å². The van der Waals surface area contributed by atoms with Crippen LogP contribution in [-0.4, -0.2) is 40.5 Å². The number of ketones is 4. The summed E-state index contributed by atoms with van der Waals surface area (Å²) in [7, 11) is 0. The zero-order valence-corrected chi connectivity index (χ0v) is 15.7. The summed E-state index contributed by atoms with van der Waals surface area (Å²) in [5.41, 5.74) is -4.14. The van der Waals surface area contributed by atoms with Gasteiger partial charge in [-0.1, -0.05) is 6.92 Å². The average Bonchev–Trinajstić information content (AvgIpc) is 2.94. The van der Waals surface area contributed by atoms with Gasteiger partial charge in [0.2, 0.25) is 0 Å². The average molecular weight is 376 g/mol. The van der Waals surface area contributed by atoms with Crippen molar-refractivity contribution in [2.45, 2.75) is 58.0 Å². The third-order valence-corrected chi connectivity index (χ3v) is 8.22. The number of aliphatic hydroxyl groups is 1. The predicted molar refractivity (Wildman–Crippen MR) is 93.4 cm³/mol. The van der Waals surface area contributed by atoms with Crippen LogP contribution in [0.1, 0.15) is 52.4 Å². The molecule has 4 aliphatic carbocycles. The molecule has 0 amide bonds. The second-order valence-corrected chi connectivity index (χ2v) is 9.18. The molecule has 3 saturated carbocycles. The van der Waals surface area contributed by atoms with E-state index in [1.807, 2.05) is 6.92 Å². The van der Waals surface area contributed by atoms with Crippen LogP contribution < -0.4 is 0 Å². The lowest BCUT2D eigenvalue weighted by molar-refractivity contribution is -0.178. The Morgan fingerprint density at radius 1 is 1.15 bits per heavy atom. The highest BCUT2D eigenvalue weighted by Gasteiger charge is 2.73. The zero-order chi connectivity index (χ0) is 19.8. The summed E-state index contributed by atoms with van der Waals surface area (Å²) in [4.78, 5) is 50.1. The van der Waals surface area contributed by atoms with Crippen molar-refractivity contribution in [1.82, 2.24) is 0 Å². The number of carbonyl (C=O) groups excluding carboxylic acids is 4. The van der Waals surface area contributed by atoms with Gasteiger partial charge >= 0.3 is 0 Å². The van der Waals surface area contributed by atoms with Gasteiger partial charge in [0, 0.05) is 18.3 Å². The number of halogens is 1. The Kier molecular flexibility index (Phi) is 3.91. The van der Waals surface area contributed by atoms with Crippen LogP contribution in [0.3, 0.4) is 0 Å². The number of Topliss-reactive ketones (excluding diaryl/α,β-unsaturated/α-hetero) is 3. The molecule has 0 aromatic rings. The maximum atomic E-state index is 16.7. The Hall–Kier alpha value is -1.69. The Morgan fingerprint density at radius 2 is 1.85 bits per heavy atom. The fraction of sp³-hybridized carbons (Fsp3) is 0.714. The molecule has 1 N–H and O–H groups in total. The van der Waals surface area contributed by atoms with Crippen molar-refractivity contribution in [2.75, 3.05) is 6.61 Å². The van der Waals surface area contributed by atoms with Gasteiger partial charge in [0.25, 0.3) is 0 Å². The second kappa shape index (κ2) is 5.66. The van der Waals surface area contributed by atoms with Crippen molar-refractivity contribution >= 4 is 23.1 Å². The first-order valence-electron chi connectivity index (χ1n) is 9.73. The molecule has 0 unspecified atom stereocenters. The Balaban J connectivity index is 1.82. The van der Waals surface area contributed by atoms with Gasteiger partial charge in [-0.15, -0.1) is 0 Å². The fourth-order valence-electron chi connectivity index (χ4n) is 6.80. The molecule has 6 atom stereocenters. The van der Waals surface area contributed by atoms with Gasteiger partial charge in [-0.05, 0) is 55.6 Å². The molecule has 3 fully saturated rings. The van der Waals surface area contributed by atoms with Crippen LogP contribution in [0.25, 0.3) is 0 Å². The lowest BCUT2D eigenvalue weighted by Gasteiger charge is -2.59. The monoisotopic (exact) mass is 376 g/mol. The highest BCUT2D eigenvalue weighted by atomic mass is 19.1. The molecule has 4 aliphatic rings. The summed E-state index contributed by atoms with van der Waals surface area (Å²) >= 11 is 0. The first kappa shape index (κ1) is 18.7. The van der Waals surface area contributed by atoms with Crippen LogP contribution in [0.4, 0.5) is 4.39 Å². The molecule has 6 heteroatoms. The van der Waals surface area contributed by atoms with E-state index in [4.69, 9.17) is 0 Å². The number of alkyl halides is 1. The van der Waals surface area contributed by atoms with E-state index in [-0.39, 0.29) is 30.3 Å². The van der Waals surface area contributed by atoms with Crippen molar-refractivity contribution in [3.63, 3.8) is 0 Å². The van der Waals surface area contributed by atoms with Crippen LogP contribution in [0.2, 0.25) is 0 Å². The topological polar surface area (TPSA) is 88.5 Å². The molecule has 0 radical (unpaired) electrons. The van der Waals surface area contributed by atoms with Gasteiger partial charge in [-0.25, -0.2) is 4.39 Å². The smallest absolute Gasteiger partial charge is 0.187 e. The number of hydrogen-bond donors (Lipinski definition) is 1. The molecule has 0 bridgehead atoms. The first-order chi connectivity index (χ1) is 12.6. The van der Waals surface area contributed by atoms with E-state index in [0.717, 1.165) is 0 Å². The Labute approximate surface area is 157 Å². The standard InChI is InChI=1S/C21H25FO5/c1-19-9-18(27)21(22)14(13(19)5-6-15(19)16(25)10-23)4-3-11-7-12(24)8-17(26)20(11,21)2/h7,13-15,23H,3-6,8-10H2,1-2H3/t13-,14-,15+,19-,20+,21-/m0/s1. The molecule has 0 aliphatic heterocycles. The molecule has 27 heavy (non-hydrogen) atoms. The molecular formula is C21H25FO5. The lowest BCUT2D eigenvalue weighted by Crippen LogP contribution is -2.68. The minimum Gasteiger partial charge on any atom is -0.389 e. The molecule has 4 rings (SSSR count). The Bertz CT molecular complexity index is 800. The van der Waals surface area contributed by atoms with Crippen LogP contribution in [0, 0.1) is 28.6 Å². The highest BCUT2D eigenvalue weighted by molar-refractivity contribution is 6.14. The van der Waals surface area contributed by atoms with E-state index in [9.17, 15) is 24.3 Å². The maximum Gasteiger partial charge on any atom is 0.187 e. The minimum absolute atomic E-state index is 0.106. The summed E-state index contributed by atoms with van der Waals surface area (Å²) in [5, 5.41) is 9.31. The molecule has 146 valence electrons. The van der Waals surface area contributed by atoms with Crippen LogP contribution in [-0.2, 0) is 19.2 Å². The molecule has 0 spiro atoms. The summed E-state index contributed by atoms with van der Waals surface area (Å²) in [6.07, 6.45) is 2.86. The van der Waals surface area contributed by atoms with E-state index in [2.05, 4.69) is 0 Å². The lowest BCUT2D eigenvalue weighted by atomic mass is 9.44. The molecular weight excluding hydrogens is 351 g/mol. The summed E-state index contributed by atoms with van der Waals surface area (Å²) < 4.78 is 16.7. The van der Waals surface area contributed by atoms with Crippen LogP contribution in [0.15, 0.2) is 11.6 Å². The summed E-state index contributed by atoms with van der Waals surface area (Å²) in [6.45, 7) is 2.78. The number of carbonyl (C=O) groups is 4. The fourth-order valence-corrected chi connectivity index (χ4v) is 6.80. The van der Waals surface area contributed by atoms with Gasteiger partial charge in [-0.2, -0.15) is 0 Å². The molecule has 0 aromatic carbocycles. The van der Waals surface area contributed by atoms with Gasteiger partial charge in [0.1, 0.15) is 6.61 Å². The van der Waals surface area contributed by atoms with E-state index in [1.165, 1.54) is 13.0 Å². The van der Waals surface area contributed by atoms with Crippen molar-refractivity contribution in [1.29, 1.82) is 0 Å². The highest BCUT2D eigenvalue weighted by Crippen LogP contribution is 2.67. The zero-order valence-electron chi connectivity index (χ0n) is 15.7. The van der Waals surface area contributed by atoms with E-state index >= 15 is 4.39 Å². The summed E-state index contributed by atoms with van der Waals surface area (Å²) in [5.74, 6) is -3.02. The SMILES string of the molecule is C[C@]12CC(=O)[C@@]3(F)[C@@H](CCC4=CC(=O)CC(=O)[C@@]43C)[C@@H]1CC[C@@H]2C(=O)CO. The largest absolute Gasteiger partial charge is 0.389 e. The van der Waals surface area contributed by atoms with E-state index < -0.39 is 46.5 Å². The number of fused-ring (bicyclic) bond motifs is 5. The van der Waals surface area contributed by atoms with E-state index in [1.54, 1.807) is 0 Å². The third-order valence-electron chi connectivity index (χ3n) is 8.22. The summed E-state index contributed by atoms with van der Waals surface area (Å²) in [6, 6.07) is 0. The number of hydrogen-bond acceptors (Lipinski definition) is 5. The van der Waals surface area contributed by atoms with Crippen molar-refractivity contribution in [3.8, 4) is 0 Å². The van der Waals surface area contributed by atoms with E-state index in [0.29, 0.717) is 31.3 Å². The van der Waals surface area contributed by atoms with Crippen molar-refractivity contribution in [3.05, 3.63) is 11.6 Å². The van der Waals surface area contributed by atoms with Crippen molar-refractivity contribution in [2.24, 2.45) is 28.6 Å². The number of aliphatic hydroxyl groups excluding tert-OH is 1. The number of rotatable bonds is 2. The number of allylic oxidation sites excluding steroid dienone is 1. The molecule has 5 nitrogen and oxygen atoms in total.